The van der Waals surface area contributed by atoms with Gasteiger partial charge in [0.15, 0.2) is 4.80 Å². The quantitative estimate of drug-likeness (QED) is 0.552. The summed E-state index contributed by atoms with van der Waals surface area (Å²) < 4.78 is 8.57. The van der Waals surface area contributed by atoms with Gasteiger partial charge in [0, 0.05) is 17.3 Å². The third-order valence-electron chi connectivity index (χ3n) is 3.97. The zero-order valence-electron chi connectivity index (χ0n) is 15.3. The molecule has 4 nitrogen and oxygen atoms in total. The van der Waals surface area contributed by atoms with E-state index in [1.807, 2.05) is 49.4 Å². The maximum Gasteiger partial charge on any atom is 0.252 e. The number of fused-ring (bicyclic) bond motifs is 1. The zero-order valence-corrected chi connectivity index (χ0v) is 17.7. The van der Waals surface area contributed by atoms with Crippen molar-refractivity contribution in [2.24, 2.45) is 4.99 Å². The van der Waals surface area contributed by atoms with E-state index in [9.17, 15) is 4.79 Å². The van der Waals surface area contributed by atoms with Crippen molar-refractivity contribution in [2.45, 2.75) is 19.9 Å². The fourth-order valence-corrected chi connectivity index (χ4v) is 4.44. The fraction of sp³-hybridized carbons (Fsp3) is 0.300. The van der Waals surface area contributed by atoms with Crippen molar-refractivity contribution in [2.75, 3.05) is 18.6 Å². The zero-order chi connectivity index (χ0) is 19.2. The predicted octanol–water partition coefficient (Wildman–Crippen LogP) is 4.79. The number of carbonyl (C=O) groups is 1. The van der Waals surface area contributed by atoms with Crippen molar-refractivity contribution in [1.29, 1.82) is 0 Å². The van der Waals surface area contributed by atoms with Gasteiger partial charge >= 0.3 is 0 Å². The lowest BCUT2D eigenvalue weighted by atomic mass is 10.1. The van der Waals surface area contributed by atoms with Crippen LogP contribution in [0.15, 0.2) is 47.5 Å². The number of rotatable bonds is 7. The van der Waals surface area contributed by atoms with E-state index in [2.05, 4.69) is 15.8 Å². The lowest BCUT2D eigenvalue weighted by molar-refractivity contribution is -0.117. The molecule has 1 heterocycles. The third kappa shape index (κ3) is 5.15. The Morgan fingerprint density at radius 2 is 2.04 bits per heavy atom. The van der Waals surface area contributed by atoms with Crippen LogP contribution in [0.3, 0.4) is 0 Å². The van der Waals surface area contributed by atoms with Gasteiger partial charge in [0.25, 0.3) is 5.91 Å². The van der Waals surface area contributed by atoms with E-state index < -0.39 is 0 Å². The molecule has 0 radical (unpaired) electrons. The largest absolute Gasteiger partial charge is 0.494 e. The molecular formula is C20H21ClN2O2S2. The lowest BCUT2D eigenvalue weighted by Gasteiger charge is -2.04. The molecule has 2 aromatic carbocycles. The second-order valence-electron chi connectivity index (χ2n) is 5.90. The van der Waals surface area contributed by atoms with Crippen LogP contribution in [0.4, 0.5) is 0 Å². The summed E-state index contributed by atoms with van der Waals surface area (Å²) in [5, 5.41) is 0.688. The average Bonchev–Trinajstić information content (AvgIpc) is 2.97. The number of aryl methyl sites for hydroxylation is 1. The summed E-state index contributed by atoms with van der Waals surface area (Å²) in [7, 11) is 0. The molecule has 0 atom stereocenters. The molecule has 27 heavy (non-hydrogen) atoms. The Morgan fingerprint density at radius 1 is 1.26 bits per heavy atom. The van der Waals surface area contributed by atoms with Crippen molar-refractivity contribution in [1.82, 2.24) is 4.57 Å². The van der Waals surface area contributed by atoms with Crippen molar-refractivity contribution < 1.29 is 9.53 Å². The molecule has 0 N–H and O–H groups in total. The molecule has 3 aromatic rings. The molecule has 0 fully saturated rings. The van der Waals surface area contributed by atoms with E-state index in [4.69, 9.17) is 16.3 Å². The number of carbonyl (C=O) groups excluding carboxylic acids is 1. The number of thioether (sulfide) groups is 1. The van der Waals surface area contributed by atoms with Crippen LogP contribution in [-0.2, 0) is 17.8 Å². The molecule has 0 saturated heterocycles. The highest BCUT2D eigenvalue weighted by Gasteiger charge is 2.09. The first-order valence-corrected chi connectivity index (χ1v) is 11.3. The van der Waals surface area contributed by atoms with Gasteiger partial charge in [0.1, 0.15) is 5.75 Å². The smallest absolute Gasteiger partial charge is 0.252 e. The van der Waals surface area contributed by atoms with Gasteiger partial charge in [0.2, 0.25) is 0 Å². The molecule has 142 valence electrons. The van der Waals surface area contributed by atoms with E-state index in [0.717, 1.165) is 38.6 Å². The molecule has 0 saturated carbocycles. The first kappa shape index (κ1) is 20.0. The average molecular weight is 421 g/mol. The van der Waals surface area contributed by atoms with Gasteiger partial charge in [-0.3, -0.25) is 4.79 Å². The summed E-state index contributed by atoms with van der Waals surface area (Å²) in [5.41, 5.74) is 1.98. The molecule has 1 amide bonds. The number of ether oxygens (including phenoxy) is 1. The van der Waals surface area contributed by atoms with E-state index in [0.29, 0.717) is 11.6 Å². The number of thiazole rings is 1. The Bertz CT molecular complexity index is 993. The normalized spacial score (nSPS) is 11.9. The molecule has 3 rings (SSSR count). The summed E-state index contributed by atoms with van der Waals surface area (Å²) in [6.07, 6.45) is 2.34. The number of nitrogens with zero attached hydrogens (tertiary/aromatic N) is 2. The SMILES string of the molecule is CCOc1ccc(CC(=O)N=c2sc3cc(Cl)ccc3n2CCSC)cc1. The van der Waals surface area contributed by atoms with Crippen LogP contribution in [0.2, 0.25) is 5.02 Å². The molecule has 0 unspecified atom stereocenters. The molecule has 7 heteroatoms. The van der Waals surface area contributed by atoms with Gasteiger partial charge in [-0.25, -0.2) is 0 Å². The van der Waals surface area contributed by atoms with Crippen molar-refractivity contribution in [3.05, 3.63) is 57.9 Å². The number of benzene rings is 2. The summed E-state index contributed by atoms with van der Waals surface area (Å²) in [4.78, 5) is 17.6. The van der Waals surface area contributed by atoms with Gasteiger partial charge in [-0.15, -0.1) is 0 Å². The second-order valence-corrected chi connectivity index (χ2v) is 8.33. The summed E-state index contributed by atoms with van der Waals surface area (Å²) in [6, 6.07) is 13.4. The number of hydrogen-bond acceptors (Lipinski definition) is 4. The minimum absolute atomic E-state index is 0.158. The van der Waals surface area contributed by atoms with Crippen LogP contribution in [0.1, 0.15) is 12.5 Å². The van der Waals surface area contributed by atoms with Crippen LogP contribution in [0.5, 0.6) is 5.75 Å². The van der Waals surface area contributed by atoms with Crippen LogP contribution < -0.4 is 9.54 Å². The topological polar surface area (TPSA) is 43.6 Å². The number of aromatic nitrogens is 1. The maximum absolute atomic E-state index is 12.5. The van der Waals surface area contributed by atoms with Gasteiger partial charge < -0.3 is 9.30 Å². The Labute approximate surface area is 171 Å². The van der Waals surface area contributed by atoms with Crippen molar-refractivity contribution in [3.63, 3.8) is 0 Å². The highest BCUT2D eigenvalue weighted by Crippen LogP contribution is 2.22. The van der Waals surface area contributed by atoms with Gasteiger partial charge in [0.05, 0.1) is 23.2 Å². The van der Waals surface area contributed by atoms with Crippen LogP contribution in [0.25, 0.3) is 10.2 Å². The molecule has 0 spiro atoms. The van der Waals surface area contributed by atoms with E-state index >= 15 is 0 Å². The first-order chi connectivity index (χ1) is 13.1. The van der Waals surface area contributed by atoms with Gasteiger partial charge in [-0.05, 0) is 49.1 Å². The van der Waals surface area contributed by atoms with E-state index in [-0.39, 0.29) is 12.3 Å². The Hall–Kier alpha value is -1.76. The van der Waals surface area contributed by atoms with E-state index in [1.165, 1.54) is 11.3 Å². The van der Waals surface area contributed by atoms with Gasteiger partial charge in [-0.2, -0.15) is 16.8 Å². The van der Waals surface area contributed by atoms with Crippen LogP contribution >= 0.6 is 34.7 Å². The monoisotopic (exact) mass is 420 g/mol. The minimum Gasteiger partial charge on any atom is -0.494 e. The van der Waals surface area contributed by atoms with Crippen molar-refractivity contribution >= 4 is 50.8 Å². The second kappa shape index (κ2) is 9.44. The molecule has 0 aliphatic carbocycles. The molecular weight excluding hydrogens is 400 g/mol. The number of hydrogen-bond donors (Lipinski definition) is 0. The number of amides is 1. The number of halogens is 1. The van der Waals surface area contributed by atoms with Gasteiger partial charge in [-0.1, -0.05) is 35.1 Å². The van der Waals surface area contributed by atoms with Crippen LogP contribution in [0, 0.1) is 0 Å². The highest BCUT2D eigenvalue weighted by molar-refractivity contribution is 7.98. The summed E-state index contributed by atoms with van der Waals surface area (Å²) in [6.45, 7) is 3.37. The predicted molar refractivity (Wildman–Crippen MR) is 115 cm³/mol. The lowest BCUT2D eigenvalue weighted by Crippen LogP contribution is -2.18. The standard InChI is InChI=1S/C20H21ClN2O2S2/c1-3-25-16-7-4-14(5-8-16)12-19(24)22-20-23(10-11-26-2)17-9-6-15(21)13-18(17)27-20/h4-9,13H,3,10-12H2,1-2H3. The molecule has 0 aliphatic heterocycles. The first-order valence-electron chi connectivity index (χ1n) is 8.68. The van der Waals surface area contributed by atoms with E-state index in [1.54, 1.807) is 11.8 Å². The summed E-state index contributed by atoms with van der Waals surface area (Å²) >= 11 is 9.38. The molecule has 1 aromatic heterocycles. The maximum atomic E-state index is 12.5. The third-order valence-corrected chi connectivity index (χ3v) is 5.84. The van der Waals surface area contributed by atoms with Crippen molar-refractivity contribution in [3.8, 4) is 5.75 Å². The van der Waals surface area contributed by atoms with Crippen LogP contribution in [-0.4, -0.2) is 29.1 Å². The minimum atomic E-state index is -0.158. The summed E-state index contributed by atoms with van der Waals surface area (Å²) in [5.74, 6) is 1.60. The highest BCUT2D eigenvalue weighted by atomic mass is 35.5. The molecule has 0 aliphatic rings. The molecule has 0 bridgehead atoms. The Balaban J connectivity index is 1.88. The Morgan fingerprint density at radius 3 is 2.74 bits per heavy atom. The fourth-order valence-electron chi connectivity index (χ4n) is 2.72. The Kier molecular flexibility index (Phi) is 6.99.